The Morgan fingerprint density at radius 1 is 1.64 bits per heavy atom. The Hall–Kier alpha value is -0.500. The number of halogens is 4. The molecule has 1 heterocycles. The fourth-order valence-corrected chi connectivity index (χ4v) is 2.11. The van der Waals surface area contributed by atoms with E-state index in [1.165, 1.54) is 22.6 Å². The fraction of sp³-hybridized carbons (Fsp3) is 0.143. The summed E-state index contributed by atoms with van der Waals surface area (Å²) < 4.78 is 24.7. The van der Waals surface area contributed by atoms with Crippen LogP contribution in [0.2, 0.25) is 5.02 Å². The van der Waals surface area contributed by atoms with Crippen LogP contribution in [0.3, 0.4) is 0 Å². The van der Waals surface area contributed by atoms with Crippen LogP contribution < -0.4 is 0 Å². The van der Waals surface area contributed by atoms with E-state index in [4.69, 9.17) is 16.7 Å². The fourth-order valence-electron chi connectivity index (χ4n) is 0.829. The summed E-state index contributed by atoms with van der Waals surface area (Å²) in [4.78, 5) is 14.0. The molecule has 1 aromatic heterocycles. The number of hydrogen-bond acceptors (Lipinski definition) is 2. The zero-order valence-corrected chi connectivity index (χ0v) is 9.38. The second kappa shape index (κ2) is 4.35. The van der Waals surface area contributed by atoms with Gasteiger partial charge in [0.15, 0.2) is 5.69 Å². The van der Waals surface area contributed by atoms with Crippen molar-refractivity contribution in [3.8, 4) is 0 Å². The third kappa shape index (κ3) is 2.11. The van der Waals surface area contributed by atoms with Crippen molar-refractivity contribution < 1.29 is 18.7 Å². The number of aromatic carboxylic acids is 1. The molecule has 0 atom stereocenters. The van der Waals surface area contributed by atoms with E-state index in [1.54, 1.807) is 0 Å². The van der Waals surface area contributed by atoms with Crippen LogP contribution in [-0.2, 0) is 0 Å². The summed E-state index contributed by atoms with van der Waals surface area (Å²) in [5.74, 6) is -1.35. The zero-order valence-electron chi connectivity index (χ0n) is 6.47. The highest BCUT2D eigenvalue weighted by molar-refractivity contribution is 14.1. The van der Waals surface area contributed by atoms with Gasteiger partial charge in [0.25, 0.3) is 6.43 Å². The summed E-state index contributed by atoms with van der Waals surface area (Å²) in [6.45, 7) is 0. The minimum absolute atomic E-state index is 0.127. The van der Waals surface area contributed by atoms with Gasteiger partial charge in [0.05, 0.1) is 14.2 Å². The van der Waals surface area contributed by atoms with Crippen LogP contribution >= 0.6 is 34.2 Å². The van der Waals surface area contributed by atoms with Crippen LogP contribution in [-0.4, -0.2) is 16.1 Å². The van der Waals surface area contributed by atoms with Crippen LogP contribution in [0.4, 0.5) is 8.78 Å². The van der Waals surface area contributed by atoms with Gasteiger partial charge in [0.2, 0.25) is 0 Å². The average Bonchev–Trinajstić information content (AvgIpc) is 2.02. The Morgan fingerprint density at radius 2 is 2.21 bits per heavy atom. The molecular formula is C7H3ClF2INO2. The third-order valence-electron chi connectivity index (χ3n) is 1.43. The number of carboxylic acid groups (broad SMARTS) is 1. The average molecular weight is 333 g/mol. The monoisotopic (exact) mass is 333 g/mol. The molecular weight excluding hydrogens is 330 g/mol. The smallest absolute Gasteiger partial charge is 0.355 e. The van der Waals surface area contributed by atoms with Gasteiger partial charge >= 0.3 is 5.97 Å². The Balaban J connectivity index is 3.41. The molecule has 0 saturated carbocycles. The van der Waals surface area contributed by atoms with Crippen molar-refractivity contribution in [1.82, 2.24) is 4.98 Å². The number of pyridine rings is 1. The summed E-state index contributed by atoms with van der Waals surface area (Å²) in [5, 5.41) is 8.38. The summed E-state index contributed by atoms with van der Waals surface area (Å²) in [6, 6.07) is 0. The maximum absolute atomic E-state index is 12.4. The number of carbonyl (C=O) groups is 1. The summed E-state index contributed by atoms with van der Waals surface area (Å²) in [6.07, 6.45) is -1.90. The van der Waals surface area contributed by atoms with E-state index in [0.29, 0.717) is 0 Å². The molecule has 0 fully saturated rings. The molecule has 0 spiro atoms. The van der Waals surface area contributed by atoms with Gasteiger partial charge in [0, 0.05) is 6.20 Å². The van der Waals surface area contributed by atoms with Gasteiger partial charge in [-0.1, -0.05) is 11.6 Å². The van der Waals surface area contributed by atoms with Crippen molar-refractivity contribution in [2.75, 3.05) is 0 Å². The SMILES string of the molecule is O=C(O)c1ncc(Cl)c(C(F)F)c1I. The van der Waals surface area contributed by atoms with Gasteiger partial charge in [-0.2, -0.15) is 0 Å². The molecule has 1 rings (SSSR count). The molecule has 14 heavy (non-hydrogen) atoms. The molecule has 0 aliphatic heterocycles. The van der Waals surface area contributed by atoms with Crippen LogP contribution in [0.25, 0.3) is 0 Å². The van der Waals surface area contributed by atoms with E-state index in [0.717, 1.165) is 6.20 Å². The maximum Gasteiger partial charge on any atom is 0.355 e. The van der Waals surface area contributed by atoms with Crippen molar-refractivity contribution >= 4 is 40.2 Å². The summed E-state index contributed by atoms with van der Waals surface area (Å²) in [7, 11) is 0. The first kappa shape index (κ1) is 11.6. The first-order valence-corrected chi connectivity index (χ1v) is 4.76. The maximum atomic E-state index is 12.4. The quantitative estimate of drug-likeness (QED) is 0.847. The van der Waals surface area contributed by atoms with Gasteiger partial charge in [-0.3, -0.25) is 0 Å². The molecule has 0 unspecified atom stereocenters. The lowest BCUT2D eigenvalue weighted by Crippen LogP contribution is -2.07. The minimum Gasteiger partial charge on any atom is -0.476 e. The minimum atomic E-state index is -2.81. The van der Waals surface area contributed by atoms with Crippen LogP contribution in [0.15, 0.2) is 6.20 Å². The van der Waals surface area contributed by atoms with E-state index in [9.17, 15) is 13.6 Å². The zero-order chi connectivity index (χ0) is 10.9. The topological polar surface area (TPSA) is 50.2 Å². The molecule has 1 aromatic rings. The van der Waals surface area contributed by atoms with E-state index < -0.39 is 23.7 Å². The second-order valence-electron chi connectivity index (χ2n) is 2.29. The van der Waals surface area contributed by atoms with Gasteiger partial charge < -0.3 is 5.11 Å². The number of hydrogen-bond donors (Lipinski definition) is 1. The van der Waals surface area contributed by atoms with Crippen LogP contribution in [0.5, 0.6) is 0 Å². The van der Waals surface area contributed by atoms with Crippen molar-refractivity contribution in [3.63, 3.8) is 0 Å². The molecule has 7 heteroatoms. The van der Waals surface area contributed by atoms with E-state index in [1.807, 2.05) is 0 Å². The second-order valence-corrected chi connectivity index (χ2v) is 3.77. The first-order valence-electron chi connectivity index (χ1n) is 3.30. The van der Waals surface area contributed by atoms with E-state index in [-0.39, 0.29) is 8.59 Å². The highest BCUT2D eigenvalue weighted by atomic mass is 127. The van der Waals surface area contributed by atoms with Gasteiger partial charge in [-0.25, -0.2) is 18.6 Å². The molecule has 0 amide bonds. The lowest BCUT2D eigenvalue weighted by Gasteiger charge is -2.07. The predicted octanol–water partition coefficient (Wildman–Crippen LogP) is 2.98. The number of carboxylic acids is 1. The van der Waals surface area contributed by atoms with Gasteiger partial charge in [0.1, 0.15) is 0 Å². The number of rotatable bonds is 2. The van der Waals surface area contributed by atoms with Gasteiger partial charge in [-0.15, -0.1) is 0 Å². The number of alkyl halides is 2. The van der Waals surface area contributed by atoms with E-state index >= 15 is 0 Å². The normalized spacial score (nSPS) is 10.6. The molecule has 0 radical (unpaired) electrons. The standard InChI is InChI=1S/C7H3ClF2INO2/c8-2-1-12-5(7(13)14)4(11)3(2)6(9)10/h1,6H,(H,13,14). The van der Waals surface area contributed by atoms with Gasteiger partial charge in [-0.05, 0) is 22.6 Å². The van der Waals surface area contributed by atoms with Crippen molar-refractivity contribution in [2.24, 2.45) is 0 Å². The predicted molar refractivity (Wildman–Crippen MR) is 53.9 cm³/mol. The number of nitrogens with zero attached hydrogens (tertiary/aromatic N) is 1. The van der Waals surface area contributed by atoms with Crippen molar-refractivity contribution in [1.29, 1.82) is 0 Å². The van der Waals surface area contributed by atoms with Crippen molar-refractivity contribution in [3.05, 3.63) is 26.0 Å². The highest BCUT2D eigenvalue weighted by Crippen LogP contribution is 2.32. The Morgan fingerprint density at radius 3 is 2.64 bits per heavy atom. The third-order valence-corrected chi connectivity index (χ3v) is 2.82. The number of aromatic nitrogens is 1. The lowest BCUT2D eigenvalue weighted by atomic mass is 10.2. The molecule has 0 saturated heterocycles. The lowest BCUT2D eigenvalue weighted by molar-refractivity contribution is 0.0688. The molecule has 1 N–H and O–H groups in total. The van der Waals surface area contributed by atoms with Crippen LogP contribution in [0, 0.1) is 3.57 Å². The highest BCUT2D eigenvalue weighted by Gasteiger charge is 2.22. The van der Waals surface area contributed by atoms with E-state index in [2.05, 4.69) is 4.98 Å². The summed E-state index contributed by atoms with van der Waals surface area (Å²) in [5.41, 5.74) is -0.898. The largest absolute Gasteiger partial charge is 0.476 e. The van der Waals surface area contributed by atoms with Crippen LogP contribution in [0.1, 0.15) is 22.5 Å². The Labute approximate surface area is 96.2 Å². The Bertz CT molecular complexity index is 386. The molecule has 0 aliphatic rings. The molecule has 76 valence electrons. The molecule has 0 aromatic carbocycles. The van der Waals surface area contributed by atoms with Crippen molar-refractivity contribution in [2.45, 2.75) is 6.43 Å². The first-order chi connectivity index (χ1) is 6.45. The summed E-state index contributed by atoms with van der Waals surface area (Å²) >= 11 is 6.95. The Kier molecular flexibility index (Phi) is 3.59. The molecule has 0 aliphatic carbocycles. The molecule has 0 bridgehead atoms. The molecule has 3 nitrogen and oxygen atoms in total.